The van der Waals surface area contributed by atoms with Gasteiger partial charge in [0.2, 0.25) is 5.91 Å². The number of benzene rings is 1. The van der Waals surface area contributed by atoms with Gasteiger partial charge in [0, 0.05) is 6.54 Å². The maximum absolute atomic E-state index is 12.0. The molecule has 0 aromatic heterocycles. The van der Waals surface area contributed by atoms with E-state index < -0.39 is 18.6 Å². The van der Waals surface area contributed by atoms with Crippen LogP contribution in [-0.4, -0.2) is 31.7 Å². The third-order valence-electron chi connectivity index (χ3n) is 2.48. The molecule has 19 heavy (non-hydrogen) atoms. The molecule has 0 heterocycles. The Morgan fingerprint density at radius 1 is 1.37 bits per heavy atom. The second kappa shape index (κ2) is 6.31. The van der Waals surface area contributed by atoms with E-state index in [0.717, 1.165) is 0 Å². The number of carbonyl (C=O) groups is 1. The summed E-state index contributed by atoms with van der Waals surface area (Å²) in [7, 11) is 0. The minimum atomic E-state index is -4.40. The summed E-state index contributed by atoms with van der Waals surface area (Å²) in [4.78, 5) is 13.1. The quantitative estimate of drug-likeness (QED) is 0.805. The summed E-state index contributed by atoms with van der Waals surface area (Å²) < 4.78 is 35.9. The number of hydrogen-bond acceptors (Lipinski definition) is 3. The largest absolute Gasteiger partial charge is 0.405 e. The minimum absolute atomic E-state index is 0.166. The molecule has 0 aliphatic heterocycles. The van der Waals surface area contributed by atoms with Gasteiger partial charge in [0.05, 0.1) is 17.9 Å². The summed E-state index contributed by atoms with van der Waals surface area (Å²) >= 11 is 0. The van der Waals surface area contributed by atoms with E-state index in [1.165, 1.54) is 0 Å². The number of carbonyl (C=O) groups excluding carboxylic acids is 1. The van der Waals surface area contributed by atoms with Gasteiger partial charge in [-0.05, 0) is 19.1 Å². The lowest BCUT2D eigenvalue weighted by Crippen LogP contribution is -2.41. The molecular formula is C12H16F3N3O. The summed E-state index contributed by atoms with van der Waals surface area (Å²) in [6.07, 6.45) is -4.40. The predicted molar refractivity (Wildman–Crippen MR) is 67.8 cm³/mol. The lowest BCUT2D eigenvalue weighted by molar-refractivity contribution is -0.137. The number of alkyl halides is 3. The molecule has 0 aliphatic carbocycles. The van der Waals surface area contributed by atoms with Crippen molar-refractivity contribution in [1.82, 2.24) is 5.32 Å². The molecule has 3 N–H and O–H groups in total. The van der Waals surface area contributed by atoms with Gasteiger partial charge in [-0.15, -0.1) is 0 Å². The topological polar surface area (TPSA) is 58.4 Å². The number of amides is 1. The highest BCUT2D eigenvalue weighted by molar-refractivity contribution is 5.83. The number of nitrogens with one attached hydrogen (secondary N) is 1. The molecule has 7 heteroatoms. The Kier molecular flexibility index (Phi) is 5.02. The van der Waals surface area contributed by atoms with Crippen molar-refractivity contribution in [3.8, 4) is 0 Å². The smallest absolute Gasteiger partial charge is 0.397 e. The molecule has 0 fully saturated rings. The fourth-order valence-electron chi connectivity index (χ4n) is 1.57. The van der Waals surface area contributed by atoms with Gasteiger partial charge < -0.3 is 16.0 Å². The zero-order valence-corrected chi connectivity index (χ0v) is 10.5. The van der Waals surface area contributed by atoms with Gasteiger partial charge in [-0.3, -0.25) is 4.79 Å². The predicted octanol–water partition coefficient (Wildman–Crippen LogP) is 1.77. The summed E-state index contributed by atoms with van der Waals surface area (Å²) in [5, 5.41) is 1.83. The third-order valence-corrected chi connectivity index (χ3v) is 2.48. The Bertz CT molecular complexity index is 434. The van der Waals surface area contributed by atoms with Crippen LogP contribution in [0.2, 0.25) is 0 Å². The molecule has 1 amide bonds. The number of nitrogens with zero attached hydrogens (tertiary/aromatic N) is 1. The van der Waals surface area contributed by atoms with Crippen LogP contribution in [0.25, 0.3) is 0 Å². The molecular weight excluding hydrogens is 259 g/mol. The second-order valence-corrected chi connectivity index (χ2v) is 3.96. The Hall–Kier alpha value is -1.92. The number of anilines is 2. The van der Waals surface area contributed by atoms with Crippen molar-refractivity contribution in [2.75, 3.05) is 30.3 Å². The molecule has 0 aliphatic rings. The lowest BCUT2D eigenvalue weighted by atomic mass is 10.2. The second-order valence-electron chi connectivity index (χ2n) is 3.96. The zero-order chi connectivity index (χ0) is 14.5. The van der Waals surface area contributed by atoms with Crippen molar-refractivity contribution >= 4 is 17.3 Å². The highest BCUT2D eigenvalue weighted by Crippen LogP contribution is 2.21. The van der Waals surface area contributed by atoms with Crippen LogP contribution in [0.5, 0.6) is 0 Å². The van der Waals surface area contributed by atoms with Gasteiger partial charge in [0.1, 0.15) is 6.54 Å². The molecule has 0 spiro atoms. The SMILES string of the molecule is CCN(CC(=O)NCC(F)(F)F)c1ccccc1N. The summed E-state index contributed by atoms with van der Waals surface area (Å²) in [5.41, 5.74) is 6.87. The standard InChI is InChI=1S/C12H16F3N3O/c1-2-18(10-6-4-3-5-9(10)16)7-11(19)17-8-12(13,14)15/h3-6H,2,7-8,16H2,1H3,(H,17,19). The molecule has 4 nitrogen and oxygen atoms in total. The summed E-state index contributed by atoms with van der Waals surface area (Å²) in [6.45, 7) is 0.769. The Labute approximate surface area is 109 Å². The first-order chi connectivity index (χ1) is 8.83. The Morgan fingerprint density at radius 2 is 2.00 bits per heavy atom. The van der Waals surface area contributed by atoms with Crippen LogP contribution < -0.4 is 16.0 Å². The molecule has 0 saturated heterocycles. The van der Waals surface area contributed by atoms with Crippen LogP contribution in [0.1, 0.15) is 6.92 Å². The normalized spacial score (nSPS) is 11.2. The number of nitrogen functional groups attached to an aromatic ring is 1. The van der Waals surface area contributed by atoms with E-state index in [2.05, 4.69) is 0 Å². The van der Waals surface area contributed by atoms with Crippen LogP contribution in [-0.2, 0) is 4.79 Å². The van der Waals surface area contributed by atoms with E-state index in [-0.39, 0.29) is 6.54 Å². The van der Waals surface area contributed by atoms with Crippen LogP contribution in [0, 0.1) is 0 Å². The molecule has 0 radical (unpaired) electrons. The van der Waals surface area contributed by atoms with E-state index in [1.54, 1.807) is 36.1 Å². The number of rotatable bonds is 5. The molecule has 0 saturated carbocycles. The van der Waals surface area contributed by atoms with Crippen molar-refractivity contribution in [2.45, 2.75) is 13.1 Å². The highest BCUT2D eigenvalue weighted by atomic mass is 19.4. The molecule has 106 valence electrons. The first-order valence-corrected chi connectivity index (χ1v) is 5.76. The minimum Gasteiger partial charge on any atom is -0.397 e. The van der Waals surface area contributed by atoms with Crippen molar-refractivity contribution in [3.05, 3.63) is 24.3 Å². The van der Waals surface area contributed by atoms with E-state index in [4.69, 9.17) is 5.73 Å². The van der Waals surface area contributed by atoms with Crippen LogP contribution in [0.4, 0.5) is 24.5 Å². The van der Waals surface area contributed by atoms with Gasteiger partial charge in [-0.1, -0.05) is 12.1 Å². The fraction of sp³-hybridized carbons (Fsp3) is 0.417. The van der Waals surface area contributed by atoms with Gasteiger partial charge >= 0.3 is 6.18 Å². The van der Waals surface area contributed by atoms with Crippen LogP contribution >= 0.6 is 0 Å². The van der Waals surface area contributed by atoms with Gasteiger partial charge in [-0.2, -0.15) is 13.2 Å². The van der Waals surface area contributed by atoms with Gasteiger partial charge in [0.15, 0.2) is 0 Å². The van der Waals surface area contributed by atoms with E-state index in [0.29, 0.717) is 17.9 Å². The van der Waals surface area contributed by atoms with Crippen LogP contribution in [0.3, 0.4) is 0 Å². The zero-order valence-electron chi connectivity index (χ0n) is 10.5. The molecule has 0 atom stereocenters. The number of halogens is 3. The summed E-state index contributed by atoms with van der Waals surface area (Å²) in [5.74, 6) is -0.692. The van der Waals surface area contributed by atoms with E-state index >= 15 is 0 Å². The first kappa shape index (κ1) is 15.1. The van der Waals surface area contributed by atoms with Crippen LogP contribution in [0.15, 0.2) is 24.3 Å². The summed E-state index contributed by atoms with van der Waals surface area (Å²) in [6, 6.07) is 6.89. The third kappa shape index (κ3) is 5.07. The fourth-order valence-corrected chi connectivity index (χ4v) is 1.57. The number of hydrogen-bond donors (Lipinski definition) is 2. The van der Waals surface area contributed by atoms with Crippen molar-refractivity contribution in [3.63, 3.8) is 0 Å². The van der Waals surface area contributed by atoms with Gasteiger partial charge in [-0.25, -0.2) is 0 Å². The van der Waals surface area contributed by atoms with E-state index in [9.17, 15) is 18.0 Å². The van der Waals surface area contributed by atoms with Gasteiger partial charge in [0.25, 0.3) is 0 Å². The van der Waals surface area contributed by atoms with Crippen molar-refractivity contribution in [2.24, 2.45) is 0 Å². The average molecular weight is 275 g/mol. The first-order valence-electron chi connectivity index (χ1n) is 5.76. The number of likely N-dealkylation sites (N-methyl/N-ethyl adjacent to an activating group) is 1. The monoisotopic (exact) mass is 275 g/mol. The molecule has 1 aromatic carbocycles. The Balaban J connectivity index is 2.63. The maximum atomic E-state index is 12.0. The van der Waals surface area contributed by atoms with Crippen molar-refractivity contribution < 1.29 is 18.0 Å². The maximum Gasteiger partial charge on any atom is 0.405 e. The Morgan fingerprint density at radius 3 is 2.53 bits per heavy atom. The molecule has 1 aromatic rings. The highest BCUT2D eigenvalue weighted by Gasteiger charge is 2.27. The lowest BCUT2D eigenvalue weighted by Gasteiger charge is -2.24. The van der Waals surface area contributed by atoms with E-state index in [1.807, 2.05) is 5.32 Å². The molecule has 0 bridgehead atoms. The average Bonchev–Trinajstić information content (AvgIpc) is 2.33. The number of nitrogens with two attached hydrogens (primary N) is 1. The molecule has 1 rings (SSSR count). The number of para-hydroxylation sites is 2. The molecule has 0 unspecified atom stereocenters. The van der Waals surface area contributed by atoms with Crippen molar-refractivity contribution in [1.29, 1.82) is 0 Å².